The second kappa shape index (κ2) is 10.1. The zero-order chi connectivity index (χ0) is 19.6. The number of hydrogen-bond acceptors (Lipinski definition) is 7. The maximum absolute atomic E-state index is 12.1. The normalized spacial score (nSPS) is 9.96. The Labute approximate surface area is 159 Å². The molecule has 1 aromatic heterocycles. The number of methoxy groups -OCH3 is 1. The fraction of sp³-hybridized carbons (Fsp3) is 0.222. The first-order valence-electron chi connectivity index (χ1n) is 7.91. The van der Waals surface area contributed by atoms with Gasteiger partial charge in [-0.3, -0.25) is 19.2 Å². The minimum Gasteiger partial charge on any atom is -0.496 e. The number of rotatable bonds is 9. The number of para-hydroxylation sites is 1. The highest BCUT2D eigenvalue weighted by Crippen LogP contribution is 2.17. The fourth-order valence-electron chi connectivity index (χ4n) is 2.04. The van der Waals surface area contributed by atoms with E-state index in [1.54, 1.807) is 41.8 Å². The Morgan fingerprint density at radius 2 is 1.78 bits per heavy atom. The van der Waals surface area contributed by atoms with E-state index in [9.17, 15) is 19.2 Å². The number of ketones is 1. The molecule has 142 valence electrons. The van der Waals surface area contributed by atoms with Crippen molar-refractivity contribution in [2.45, 2.75) is 0 Å². The summed E-state index contributed by atoms with van der Waals surface area (Å²) in [4.78, 5) is 47.5. The summed E-state index contributed by atoms with van der Waals surface area (Å²) in [6.07, 6.45) is 0. The van der Waals surface area contributed by atoms with Gasteiger partial charge in [0.25, 0.3) is 5.91 Å². The second-order valence-corrected chi connectivity index (χ2v) is 6.17. The highest BCUT2D eigenvalue weighted by Gasteiger charge is 2.15. The van der Waals surface area contributed by atoms with E-state index in [1.165, 1.54) is 18.4 Å². The molecule has 8 nitrogen and oxygen atoms in total. The number of carbonyl (C=O) groups excluding carboxylic acids is 4. The van der Waals surface area contributed by atoms with Crippen LogP contribution in [0.3, 0.4) is 0 Å². The van der Waals surface area contributed by atoms with E-state index >= 15 is 0 Å². The van der Waals surface area contributed by atoms with E-state index in [0.717, 1.165) is 0 Å². The number of carbonyl (C=O) groups is 4. The van der Waals surface area contributed by atoms with Crippen LogP contribution < -0.4 is 15.4 Å². The Hall–Kier alpha value is -3.20. The lowest BCUT2D eigenvalue weighted by Crippen LogP contribution is -2.39. The summed E-state index contributed by atoms with van der Waals surface area (Å²) in [5.74, 6) is -1.72. The third kappa shape index (κ3) is 6.23. The van der Waals surface area contributed by atoms with Crippen molar-refractivity contribution in [3.05, 3.63) is 52.2 Å². The van der Waals surface area contributed by atoms with Gasteiger partial charge in [0.05, 0.1) is 24.1 Å². The van der Waals surface area contributed by atoms with Crippen molar-refractivity contribution in [1.29, 1.82) is 0 Å². The molecule has 9 heteroatoms. The van der Waals surface area contributed by atoms with Crippen LogP contribution >= 0.6 is 11.3 Å². The van der Waals surface area contributed by atoms with Crippen LogP contribution in [-0.2, 0) is 14.3 Å². The van der Waals surface area contributed by atoms with E-state index in [0.29, 0.717) is 16.2 Å². The highest BCUT2D eigenvalue weighted by atomic mass is 32.1. The summed E-state index contributed by atoms with van der Waals surface area (Å²) in [5, 5.41) is 6.49. The van der Waals surface area contributed by atoms with E-state index in [2.05, 4.69) is 10.6 Å². The molecule has 1 heterocycles. The molecule has 0 saturated carbocycles. The summed E-state index contributed by atoms with van der Waals surface area (Å²) < 4.78 is 9.92. The number of benzene rings is 1. The van der Waals surface area contributed by atoms with Gasteiger partial charge in [-0.25, -0.2) is 0 Å². The molecule has 0 radical (unpaired) electrons. The molecule has 0 saturated heterocycles. The first kappa shape index (κ1) is 20.1. The molecule has 2 aromatic rings. The lowest BCUT2D eigenvalue weighted by atomic mass is 10.1. The highest BCUT2D eigenvalue weighted by molar-refractivity contribution is 7.12. The van der Waals surface area contributed by atoms with Crippen molar-refractivity contribution in [1.82, 2.24) is 10.6 Å². The zero-order valence-corrected chi connectivity index (χ0v) is 15.3. The van der Waals surface area contributed by atoms with Crippen LogP contribution in [0.4, 0.5) is 0 Å². The molecule has 27 heavy (non-hydrogen) atoms. The van der Waals surface area contributed by atoms with Crippen molar-refractivity contribution in [3.8, 4) is 5.75 Å². The monoisotopic (exact) mass is 390 g/mol. The molecular weight excluding hydrogens is 372 g/mol. The Bertz CT molecular complexity index is 819. The van der Waals surface area contributed by atoms with Gasteiger partial charge in [-0.05, 0) is 23.6 Å². The summed E-state index contributed by atoms with van der Waals surface area (Å²) in [6, 6.07) is 9.93. The maximum Gasteiger partial charge on any atom is 0.325 e. The molecule has 0 fully saturated rings. The SMILES string of the molecule is COc1ccccc1C(=O)COC(=O)CNC(=O)CNC(=O)c1cccs1. The number of thiophene rings is 1. The van der Waals surface area contributed by atoms with Gasteiger partial charge >= 0.3 is 5.97 Å². The third-order valence-electron chi connectivity index (χ3n) is 3.36. The van der Waals surface area contributed by atoms with Crippen molar-refractivity contribution < 1.29 is 28.7 Å². The largest absolute Gasteiger partial charge is 0.496 e. The summed E-state index contributed by atoms with van der Waals surface area (Å²) >= 11 is 1.25. The average molecular weight is 390 g/mol. The van der Waals surface area contributed by atoms with Gasteiger partial charge in [0.1, 0.15) is 12.3 Å². The van der Waals surface area contributed by atoms with Gasteiger partial charge in [-0.15, -0.1) is 11.3 Å². The quantitative estimate of drug-likeness (QED) is 0.489. The van der Waals surface area contributed by atoms with Crippen LogP contribution in [0, 0.1) is 0 Å². The smallest absolute Gasteiger partial charge is 0.325 e. The molecule has 2 N–H and O–H groups in total. The van der Waals surface area contributed by atoms with Crippen molar-refractivity contribution in [2.24, 2.45) is 0 Å². The minimum absolute atomic E-state index is 0.274. The van der Waals surface area contributed by atoms with Crippen LogP contribution in [0.25, 0.3) is 0 Å². The van der Waals surface area contributed by atoms with Gasteiger partial charge in [-0.2, -0.15) is 0 Å². The molecule has 0 unspecified atom stereocenters. The molecule has 2 rings (SSSR count). The fourth-order valence-corrected chi connectivity index (χ4v) is 2.68. The third-order valence-corrected chi connectivity index (χ3v) is 4.22. The van der Waals surface area contributed by atoms with E-state index in [-0.39, 0.29) is 12.5 Å². The number of Topliss-reactive ketones (excluding diaryl/α,β-unsaturated/α-hetero) is 1. The van der Waals surface area contributed by atoms with Gasteiger partial charge in [0.2, 0.25) is 11.7 Å². The van der Waals surface area contributed by atoms with Crippen molar-refractivity contribution in [3.63, 3.8) is 0 Å². The summed E-state index contributed by atoms with van der Waals surface area (Å²) in [6.45, 7) is -1.15. The van der Waals surface area contributed by atoms with Gasteiger partial charge < -0.3 is 20.1 Å². The summed E-state index contributed by atoms with van der Waals surface area (Å²) in [5.41, 5.74) is 0.299. The Kier molecular flexibility index (Phi) is 7.50. The van der Waals surface area contributed by atoms with Crippen LogP contribution in [0.1, 0.15) is 20.0 Å². The number of amides is 2. The van der Waals surface area contributed by atoms with Crippen molar-refractivity contribution >= 4 is 34.9 Å². The Morgan fingerprint density at radius 3 is 2.48 bits per heavy atom. The first-order chi connectivity index (χ1) is 13.0. The predicted octanol–water partition coefficient (Wildman–Crippen LogP) is 1.03. The molecule has 1 aromatic carbocycles. The predicted molar refractivity (Wildman–Crippen MR) is 97.9 cm³/mol. The Morgan fingerprint density at radius 1 is 1.00 bits per heavy atom. The number of ether oxygens (including phenoxy) is 2. The number of esters is 1. The van der Waals surface area contributed by atoms with Crippen LogP contribution in [-0.4, -0.2) is 50.4 Å². The number of nitrogens with one attached hydrogen (secondary N) is 2. The molecule has 0 aliphatic rings. The molecule has 0 atom stereocenters. The molecule has 0 spiro atoms. The standard InChI is InChI=1S/C18H18N2O6S/c1-25-14-6-3-2-5-12(14)13(21)11-26-17(23)10-19-16(22)9-20-18(24)15-7-4-8-27-15/h2-8H,9-11H2,1H3,(H,19,22)(H,20,24). The van der Waals surface area contributed by atoms with Gasteiger partial charge in [0.15, 0.2) is 6.61 Å². The summed E-state index contributed by atoms with van der Waals surface area (Å²) in [7, 11) is 1.44. The van der Waals surface area contributed by atoms with Crippen LogP contribution in [0.2, 0.25) is 0 Å². The first-order valence-corrected chi connectivity index (χ1v) is 8.79. The van der Waals surface area contributed by atoms with Gasteiger partial charge in [0, 0.05) is 0 Å². The minimum atomic E-state index is -0.767. The molecule has 2 amide bonds. The lowest BCUT2D eigenvalue weighted by Gasteiger charge is -2.09. The zero-order valence-electron chi connectivity index (χ0n) is 14.5. The topological polar surface area (TPSA) is 111 Å². The van der Waals surface area contributed by atoms with Crippen LogP contribution in [0.5, 0.6) is 5.75 Å². The molecule has 0 bridgehead atoms. The Balaban J connectivity index is 1.69. The molecule has 0 aliphatic carbocycles. The van der Waals surface area contributed by atoms with E-state index in [1.807, 2.05) is 0 Å². The maximum atomic E-state index is 12.1. The van der Waals surface area contributed by atoms with Crippen LogP contribution in [0.15, 0.2) is 41.8 Å². The van der Waals surface area contributed by atoms with Gasteiger partial charge in [-0.1, -0.05) is 18.2 Å². The van der Waals surface area contributed by atoms with E-state index < -0.39 is 30.8 Å². The second-order valence-electron chi connectivity index (χ2n) is 5.22. The van der Waals surface area contributed by atoms with Crippen molar-refractivity contribution in [2.75, 3.05) is 26.8 Å². The lowest BCUT2D eigenvalue weighted by molar-refractivity contribution is -0.142. The molecule has 0 aliphatic heterocycles. The van der Waals surface area contributed by atoms with E-state index in [4.69, 9.17) is 9.47 Å². The molecular formula is C18H18N2O6S. The number of hydrogen-bond donors (Lipinski definition) is 2. The average Bonchev–Trinajstić information content (AvgIpc) is 3.23.